The SMILES string of the molecule is CC(Oc1cc(Nc2ccc(N3CCN(C4COC4)CC3)cc2)ccc1C#N)C1CCOCC1. The van der Waals surface area contributed by atoms with Crippen molar-refractivity contribution in [2.45, 2.75) is 31.9 Å². The highest BCUT2D eigenvalue weighted by molar-refractivity contribution is 5.65. The lowest BCUT2D eigenvalue weighted by atomic mass is 9.95. The number of nitriles is 1. The maximum absolute atomic E-state index is 9.56. The molecule has 0 spiro atoms. The minimum atomic E-state index is 0.0443. The Morgan fingerprint density at radius 1 is 0.971 bits per heavy atom. The summed E-state index contributed by atoms with van der Waals surface area (Å²) >= 11 is 0. The molecule has 3 heterocycles. The maximum atomic E-state index is 9.56. The van der Waals surface area contributed by atoms with E-state index in [1.54, 1.807) is 0 Å². The highest BCUT2D eigenvalue weighted by Crippen LogP contribution is 2.30. The summed E-state index contributed by atoms with van der Waals surface area (Å²) in [6, 6.07) is 17.2. The predicted octanol–water partition coefficient (Wildman–Crippen LogP) is 4.02. The van der Waals surface area contributed by atoms with Crippen LogP contribution in [0.1, 0.15) is 25.3 Å². The standard InChI is InChI=1S/C27H34N4O3/c1-20(21-8-14-32-15-9-21)34-27-16-24(3-2-22(27)17-28)29-23-4-6-25(7-5-23)30-10-12-31(13-11-30)26-18-33-19-26/h2-7,16,20-21,26,29H,8-15,18-19H2,1H3. The first-order valence-corrected chi connectivity index (χ1v) is 12.4. The van der Waals surface area contributed by atoms with Gasteiger partial charge in [0.25, 0.3) is 0 Å². The zero-order valence-corrected chi connectivity index (χ0v) is 19.9. The zero-order chi connectivity index (χ0) is 23.3. The minimum absolute atomic E-state index is 0.0443. The molecule has 7 heteroatoms. The molecule has 0 amide bonds. The van der Waals surface area contributed by atoms with E-state index in [9.17, 15) is 5.26 Å². The summed E-state index contributed by atoms with van der Waals surface area (Å²) in [6.45, 7) is 9.71. The van der Waals surface area contributed by atoms with E-state index in [-0.39, 0.29) is 6.10 Å². The van der Waals surface area contributed by atoms with E-state index in [4.69, 9.17) is 14.2 Å². The van der Waals surface area contributed by atoms with Gasteiger partial charge in [-0.15, -0.1) is 0 Å². The van der Waals surface area contributed by atoms with Gasteiger partial charge in [0, 0.05) is 62.5 Å². The molecule has 180 valence electrons. The van der Waals surface area contributed by atoms with Gasteiger partial charge in [-0.2, -0.15) is 5.26 Å². The second-order valence-electron chi connectivity index (χ2n) is 9.48. The van der Waals surface area contributed by atoms with Gasteiger partial charge in [0.05, 0.1) is 30.9 Å². The molecule has 0 aromatic heterocycles. The topological polar surface area (TPSA) is 70.0 Å². The van der Waals surface area contributed by atoms with Crippen LogP contribution in [0.15, 0.2) is 42.5 Å². The van der Waals surface area contributed by atoms with E-state index in [1.807, 2.05) is 18.2 Å². The summed E-state index contributed by atoms with van der Waals surface area (Å²) in [6.07, 6.45) is 2.04. The molecule has 3 aliphatic heterocycles. The van der Waals surface area contributed by atoms with E-state index < -0.39 is 0 Å². The Balaban J connectivity index is 1.20. The third-order valence-corrected chi connectivity index (χ3v) is 7.32. The van der Waals surface area contributed by atoms with Crippen molar-refractivity contribution in [2.75, 3.05) is 62.8 Å². The first kappa shape index (κ1) is 23.0. The number of hydrogen-bond donors (Lipinski definition) is 1. The molecule has 3 fully saturated rings. The largest absolute Gasteiger partial charge is 0.489 e. The lowest BCUT2D eigenvalue weighted by Crippen LogP contribution is -2.56. The van der Waals surface area contributed by atoms with Gasteiger partial charge in [-0.25, -0.2) is 0 Å². The molecule has 1 N–H and O–H groups in total. The van der Waals surface area contributed by atoms with Crippen LogP contribution in [0.5, 0.6) is 5.75 Å². The molecule has 7 nitrogen and oxygen atoms in total. The number of benzene rings is 2. The van der Waals surface area contributed by atoms with Crippen molar-refractivity contribution in [2.24, 2.45) is 5.92 Å². The van der Waals surface area contributed by atoms with Gasteiger partial charge in [-0.3, -0.25) is 4.90 Å². The van der Waals surface area contributed by atoms with Gasteiger partial charge in [0.15, 0.2) is 0 Å². The van der Waals surface area contributed by atoms with Gasteiger partial charge in [0.2, 0.25) is 0 Å². The number of piperazine rings is 1. The van der Waals surface area contributed by atoms with Crippen LogP contribution in [-0.4, -0.2) is 69.7 Å². The Kier molecular flexibility index (Phi) is 7.19. The van der Waals surface area contributed by atoms with Crippen LogP contribution >= 0.6 is 0 Å². The van der Waals surface area contributed by atoms with Gasteiger partial charge in [-0.05, 0) is 62.1 Å². The number of ether oxygens (including phenoxy) is 3. The van der Waals surface area contributed by atoms with Crippen LogP contribution in [0.2, 0.25) is 0 Å². The molecule has 0 aliphatic carbocycles. The number of hydrogen-bond acceptors (Lipinski definition) is 7. The van der Waals surface area contributed by atoms with Gasteiger partial charge >= 0.3 is 0 Å². The van der Waals surface area contributed by atoms with Crippen LogP contribution in [0.25, 0.3) is 0 Å². The smallest absolute Gasteiger partial charge is 0.139 e. The highest BCUT2D eigenvalue weighted by atomic mass is 16.5. The van der Waals surface area contributed by atoms with Crippen LogP contribution in [0.3, 0.4) is 0 Å². The fraction of sp³-hybridized carbons (Fsp3) is 0.519. The normalized spacial score (nSPS) is 20.9. The van der Waals surface area contributed by atoms with Crippen molar-refractivity contribution in [3.05, 3.63) is 48.0 Å². The van der Waals surface area contributed by atoms with Crippen molar-refractivity contribution in [1.29, 1.82) is 5.26 Å². The van der Waals surface area contributed by atoms with Crippen molar-refractivity contribution in [3.63, 3.8) is 0 Å². The second-order valence-corrected chi connectivity index (χ2v) is 9.48. The number of anilines is 3. The summed E-state index contributed by atoms with van der Waals surface area (Å²) in [5, 5.41) is 13.0. The monoisotopic (exact) mass is 462 g/mol. The molecule has 2 aromatic carbocycles. The Hall–Kier alpha value is -2.79. The summed E-state index contributed by atoms with van der Waals surface area (Å²) in [5.41, 5.74) is 3.75. The van der Waals surface area contributed by atoms with Crippen molar-refractivity contribution in [1.82, 2.24) is 4.90 Å². The molecule has 0 radical (unpaired) electrons. The van der Waals surface area contributed by atoms with Crippen LogP contribution in [-0.2, 0) is 9.47 Å². The first-order valence-electron chi connectivity index (χ1n) is 12.4. The number of nitrogens with zero attached hydrogens (tertiary/aromatic N) is 3. The molecular formula is C27H34N4O3. The Morgan fingerprint density at radius 2 is 1.68 bits per heavy atom. The summed E-state index contributed by atoms with van der Waals surface area (Å²) in [7, 11) is 0. The fourth-order valence-electron chi connectivity index (χ4n) is 4.97. The fourth-order valence-corrected chi connectivity index (χ4v) is 4.97. The van der Waals surface area contributed by atoms with E-state index in [0.717, 1.165) is 76.8 Å². The lowest BCUT2D eigenvalue weighted by molar-refractivity contribution is -0.0660. The molecule has 3 saturated heterocycles. The van der Waals surface area contributed by atoms with Crippen LogP contribution in [0.4, 0.5) is 17.1 Å². The van der Waals surface area contributed by atoms with Crippen LogP contribution < -0.4 is 15.0 Å². The second kappa shape index (κ2) is 10.6. The van der Waals surface area contributed by atoms with Crippen molar-refractivity contribution in [3.8, 4) is 11.8 Å². The molecule has 0 saturated carbocycles. The van der Waals surface area contributed by atoms with Crippen molar-refractivity contribution >= 4 is 17.1 Å². The van der Waals surface area contributed by atoms with E-state index in [1.165, 1.54) is 5.69 Å². The molecule has 34 heavy (non-hydrogen) atoms. The molecule has 0 bridgehead atoms. The van der Waals surface area contributed by atoms with Gasteiger partial charge in [0.1, 0.15) is 11.8 Å². The van der Waals surface area contributed by atoms with E-state index in [2.05, 4.69) is 52.4 Å². The third-order valence-electron chi connectivity index (χ3n) is 7.32. The van der Waals surface area contributed by atoms with E-state index in [0.29, 0.717) is 23.3 Å². The molecule has 3 aliphatic rings. The maximum Gasteiger partial charge on any atom is 0.139 e. The number of nitrogens with one attached hydrogen (secondary N) is 1. The molecule has 2 aromatic rings. The Morgan fingerprint density at radius 3 is 2.32 bits per heavy atom. The average Bonchev–Trinajstić information content (AvgIpc) is 2.85. The Labute approximate surface area is 202 Å². The molecule has 5 rings (SSSR count). The highest BCUT2D eigenvalue weighted by Gasteiger charge is 2.29. The predicted molar refractivity (Wildman–Crippen MR) is 133 cm³/mol. The van der Waals surface area contributed by atoms with E-state index >= 15 is 0 Å². The van der Waals surface area contributed by atoms with Gasteiger partial charge < -0.3 is 24.4 Å². The van der Waals surface area contributed by atoms with Crippen molar-refractivity contribution < 1.29 is 14.2 Å². The van der Waals surface area contributed by atoms with Crippen LogP contribution in [0, 0.1) is 17.2 Å². The first-order chi connectivity index (χ1) is 16.7. The lowest BCUT2D eigenvalue weighted by Gasteiger charge is -2.43. The third kappa shape index (κ3) is 5.30. The average molecular weight is 463 g/mol. The number of rotatable bonds is 7. The molecule has 1 unspecified atom stereocenters. The molecule has 1 atom stereocenters. The summed E-state index contributed by atoms with van der Waals surface area (Å²) in [4.78, 5) is 4.99. The minimum Gasteiger partial charge on any atom is -0.489 e. The van der Waals surface area contributed by atoms with Gasteiger partial charge in [-0.1, -0.05) is 0 Å². The molecular weight excluding hydrogens is 428 g/mol. The Bertz CT molecular complexity index is 988. The summed E-state index contributed by atoms with van der Waals surface area (Å²) in [5.74, 6) is 1.09. The quantitative estimate of drug-likeness (QED) is 0.667. The zero-order valence-electron chi connectivity index (χ0n) is 19.9. The summed E-state index contributed by atoms with van der Waals surface area (Å²) < 4.78 is 17.1.